The Kier molecular flexibility index (Phi) is 7.31. The highest BCUT2D eigenvalue weighted by Crippen LogP contribution is 2.68. The predicted octanol–water partition coefficient (Wildman–Crippen LogP) is 4.59. The van der Waals surface area contributed by atoms with Gasteiger partial charge >= 0.3 is 17.9 Å². The molecule has 0 amide bonds. The number of esters is 2. The van der Waals surface area contributed by atoms with Gasteiger partial charge in [0.1, 0.15) is 12.2 Å². The van der Waals surface area contributed by atoms with Gasteiger partial charge in [-0.3, -0.25) is 14.4 Å². The van der Waals surface area contributed by atoms with Crippen molar-refractivity contribution in [1.82, 2.24) is 0 Å². The fourth-order valence-corrected chi connectivity index (χ4v) is 9.32. The van der Waals surface area contributed by atoms with E-state index in [9.17, 15) is 24.6 Å². The molecule has 1 unspecified atom stereocenters. The average Bonchev–Trinajstić information content (AvgIpc) is 3.11. The van der Waals surface area contributed by atoms with Gasteiger partial charge in [-0.15, -0.1) is 0 Å². The molecule has 0 bridgehead atoms. The summed E-state index contributed by atoms with van der Waals surface area (Å²) in [5.74, 6) is 0.128. The lowest BCUT2D eigenvalue weighted by molar-refractivity contribution is -0.218. The minimum absolute atomic E-state index is 0.00723. The van der Waals surface area contributed by atoms with Gasteiger partial charge in [0.05, 0.1) is 6.10 Å². The lowest BCUT2D eigenvalue weighted by Gasteiger charge is -2.64. The summed E-state index contributed by atoms with van der Waals surface area (Å²) < 4.78 is 11.6. The van der Waals surface area contributed by atoms with E-state index in [-0.39, 0.29) is 76.9 Å². The summed E-state index contributed by atoms with van der Waals surface area (Å²) in [6.45, 7) is 9.63. The van der Waals surface area contributed by atoms with Crippen LogP contribution in [0.15, 0.2) is 0 Å². The molecule has 0 aromatic carbocycles. The molecule has 0 heterocycles. The summed E-state index contributed by atoms with van der Waals surface area (Å²) in [6.07, 6.45) is 5.99. The Labute approximate surface area is 209 Å². The average molecular weight is 493 g/mol. The van der Waals surface area contributed by atoms with E-state index >= 15 is 0 Å². The zero-order chi connectivity index (χ0) is 25.7. The minimum Gasteiger partial charge on any atom is -0.481 e. The van der Waals surface area contributed by atoms with Crippen LogP contribution in [-0.2, 0) is 23.9 Å². The predicted molar refractivity (Wildman–Crippen MR) is 129 cm³/mol. The first-order chi connectivity index (χ1) is 16.4. The smallest absolute Gasteiger partial charge is 0.303 e. The Morgan fingerprint density at radius 1 is 0.971 bits per heavy atom. The SMILES string of the molecule is CC(=O)O[C@@H]1CC[C@@]2(C)C(C1)C[C@@H](OC(C)=O)[C@H]1[C@@H]3CC[C@H]([C@H](C)CCC(=O)O)[C@@]3(C)[C@@H](O)C[C@@H]12. The fourth-order valence-electron chi connectivity index (χ4n) is 9.32. The molecule has 35 heavy (non-hydrogen) atoms. The molecule has 198 valence electrons. The molecule has 4 saturated carbocycles. The molecule has 0 aromatic heterocycles. The van der Waals surface area contributed by atoms with Crippen LogP contribution in [0.2, 0.25) is 0 Å². The van der Waals surface area contributed by atoms with Gasteiger partial charge in [0.2, 0.25) is 0 Å². The molecule has 4 aliphatic rings. The molecule has 7 heteroatoms. The highest BCUT2D eigenvalue weighted by atomic mass is 16.5. The second-order valence-electron chi connectivity index (χ2n) is 12.6. The number of carboxylic acids is 1. The van der Waals surface area contributed by atoms with E-state index in [1.54, 1.807) is 0 Å². The maximum atomic E-state index is 12.2. The zero-order valence-corrected chi connectivity index (χ0v) is 22.0. The minimum atomic E-state index is -0.772. The van der Waals surface area contributed by atoms with Crippen LogP contribution in [0.25, 0.3) is 0 Å². The molecule has 0 aromatic rings. The van der Waals surface area contributed by atoms with Crippen LogP contribution in [0.4, 0.5) is 0 Å². The number of hydrogen-bond donors (Lipinski definition) is 2. The van der Waals surface area contributed by atoms with Gasteiger partial charge < -0.3 is 19.7 Å². The third-order valence-electron chi connectivity index (χ3n) is 10.9. The molecule has 0 saturated heterocycles. The summed E-state index contributed by atoms with van der Waals surface area (Å²) in [6, 6.07) is 0. The third kappa shape index (κ3) is 4.62. The molecule has 4 fully saturated rings. The number of ether oxygens (including phenoxy) is 2. The maximum absolute atomic E-state index is 12.2. The van der Waals surface area contributed by atoms with Crippen molar-refractivity contribution in [2.45, 2.75) is 111 Å². The van der Waals surface area contributed by atoms with E-state index in [0.29, 0.717) is 12.8 Å². The van der Waals surface area contributed by atoms with Crippen LogP contribution < -0.4 is 0 Å². The number of aliphatic hydroxyl groups is 1. The first-order valence-corrected chi connectivity index (χ1v) is 13.6. The molecule has 2 N–H and O–H groups in total. The largest absolute Gasteiger partial charge is 0.481 e. The van der Waals surface area contributed by atoms with E-state index in [1.165, 1.54) is 13.8 Å². The number of carbonyl (C=O) groups excluding carboxylic acids is 2. The van der Waals surface area contributed by atoms with Crippen LogP contribution in [0.1, 0.15) is 92.4 Å². The van der Waals surface area contributed by atoms with Gasteiger partial charge in [0, 0.05) is 26.2 Å². The number of carbonyl (C=O) groups is 3. The van der Waals surface area contributed by atoms with Crippen LogP contribution in [0.3, 0.4) is 0 Å². The van der Waals surface area contributed by atoms with E-state index in [1.807, 2.05) is 0 Å². The van der Waals surface area contributed by atoms with Crippen molar-refractivity contribution in [3.8, 4) is 0 Å². The van der Waals surface area contributed by atoms with Crippen LogP contribution in [-0.4, -0.2) is 46.4 Å². The second-order valence-corrected chi connectivity index (χ2v) is 12.6. The second kappa shape index (κ2) is 9.68. The van der Waals surface area contributed by atoms with Crippen LogP contribution in [0.5, 0.6) is 0 Å². The number of aliphatic hydroxyl groups excluding tert-OH is 1. The Balaban J connectivity index is 1.64. The summed E-state index contributed by atoms with van der Waals surface area (Å²) in [5.41, 5.74) is -0.303. The van der Waals surface area contributed by atoms with E-state index in [4.69, 9.17) is 9.47 Å². The molecule has 0 aliphatic heterocycles. The van der Waals surface area contributed by atoms with E-state index in [0.717, 1.165) is 38.5 Å². The van der Waals surface area contributed by atoms with Gasteiger partial charge in [-0.1, -0.05) is 20.8 Å². The topological polar surface area (TPSA) is 110 Å². The maximum Gasteiger partial charge on any atom is 0.303 e. The van der Waals surface area contributed by atoms with Crippen molar-refractivity contribution in [3.05, 3.63) is 0 Å². The lowest BCUT2D eigenvalue weighted by atomic mass is 9.43. The zero-order valence-electron chi connectivity index (χ0n) is 22.0. The summed E-state index contributed by atoms with van der Waals surface area (Å²) in [5, 5.41) is 20.9. The van der Waals surface area contributed by atoms with Crippen LogP contribution in [0, 0.1) is 46.3 Å². The Bertz CT molecular complexity index is 841. The standard InChI is InChI=1S/C28H44O7/c1-15(6-9-25(32)33)20-7-8-21-26-22(14-24(31)28(20,21)5)27(4)11-10-19(34-16(2)29)12-18(27)13-23(26)35-17(3)30/h15,18-24,26,31H,6-14H2,1-5H3,(H,32,33)/t15-,18?,19-,20-,21+,22+,23-,24+,26+,27+,28-/m1/s1. The third-order valence-corrected chi connectivity index (χ3v) is 10.9. The molecular weight excluding hydrogens is 448 g/mol. The van der Waals surface area contributed by atoms with Gasteiger partial charge in [-0.05, 0) is 91.8 Å². The fraction of sp³-hybridized carbons (Fsp3) is 0.893. The molecule has 11 atom stereocenters. The highest BCUT2D eigenvalue weighted by Gasteiger charge is 2.66. The molecule has 4 rings (SSSR count). The Hall–Kier alpha value is -1.63. The molecule has 4 aliphatic carbocycles. The number of rotatable bonds is 6. The molecule has 0 radical (unpaired) electrons. The van der Waals surface area contributed by atoms with E-state index < -0.39 is 12.1 Å². The number of fused-ring (bicyclic) bond motifs is 5. The Morgan fingerprint density at radius 2 is 1.66 bits per heavy atom. The number of carboxylic acid groups (broad SMARTS) is 1. The molecular formula is C28H44O7. The van der Waals surface area contributed by atoms with Crippen molar-refractivity contribution >= 4 is 17.9 Å². The van der Waals surface area contributed by atoms with E-state index in [2.05, 4.69) is 20.8 Å². The van der Waals surface area contributed by atoms with Crippen LogP contribution >= 0.6 is 0 Å². The number of hydrogen-bond acceptors (Lipinski definition) is 6. The summed E-state index contributed by atoms with van der Waals surface area (Å²) in [4.78, 5) is 35.0. The summed E-state index contributed by atoms with van der Waals surface area (Å²) >= 11 is 0. The van der Waals surface area contributed by atoms with Crippen molar-refractivity contribution in [2.75, 3.05) is 0 Å². The van der Waals surface area contributed by atoms with Crippen molar-refractivity contribution < 1.29 is 34.1 Å². The molecule has 0 spiro atoms. The molecule has 7 nitrogen and oxygen atoms in total. The van der Waals surface area contributed by atoms with Gasteiger partial charge in [0.15, 0.2) is 0 Å². The first-order valence-electron chi connectivity index (χ1n) is 13.6. The van der Waals surface area contributed by atoms with Crippen molar-refractivity contribution in [3.63, 3.8) is 0 Å². The first kappa shape index (κ1) is 26.4. The number of aliphatic carboxylic acids is 1. The normalized spacial score (nSPS) is 45.4. The Morgan fingerprint density at radius 3 is 2.29 bits per heavy atom. The quantitative estimate of drug-likeness (QED) is 0.522. The monoisotopic (exact) mass is 492 g/mol. The van der Waals surface area contributed by atoms with Crippen molar-refractivity contribution in [1.29, 1.82) is 0 Å². The van der Waals surface area contributed by atoms with Gasteiger partial charge in [0.25, 0.3) is 0 Å². The van der Waals surface area contributed by atoms with Crippen molar-refractivity contribution in [2.24, 2.45) is 46.3 Å². The van der Waals surface area contributed by atoms with Gasteiger partial charge in [-0.2, -0.15) is 0 Å². The summed E-state index contributed by atoms with van der Waals surface area (Å²) in [7, 11) is 0. The lowest BCUT2D eigenvalue weighted by Crippen LogP contribution is -2.63. The van der Waals surface area contributed by atoms with Gasteiger partial charge in [-0.25, -0.2) is 0 Å². The highest BCUT2D eigenvalue weighted by molar-refractivity contribution is 5.67.